The number of ether oxygens (including phenoxy) is 1. The maximum Gasteiger partial charge on any atom is 0.150 e. The molecule has 2 aromatic rings. The molecule has 174 valence electrons. The lowest BCUT2D eigenvalue weighted by Gasteiger charge is -2.53. The average molecular weight is 461 g/mol. The molecule has 0 aromatic heterocycles. The Hall–Kier alpha value is -1.96. The quantitative estimate of drug-likeness (QED) is 0.446. The number of hydrogen-bond donors (Lipinski definition) is 1. The SMILES string of the molecule is CCCS(=O)(=O)CCCOc1ccc2c(c1)C(C1(c3ccc(F)cc3)CCC1)N(N)CC2. The molecular weight excluding hydrogens is 427 g/mol. The van der Waals surface area contributed by atoms with Gasteiger partial charge in [-0.05, 0) is 73.1 Å². The van der Waals surface area contributed by atoms with Crippen LogP contribution in [0.1, 0.15) is 61.8 Å². The Morgan fingerprint density at radius 3 is 2.56 bits per heavy atom. The maximum atomic E-state index is 13.6. The van der Waals surface area contributed by atoms with Crippen LogP contribution in [0.3, 0.4) is 0 Å². The van der Waals surface area contributed by atoms with Gasteiger partial charge in [-0.3, -0.25) is 5.84 Å². The van der Waals surface area contributed by atoms with Gasteiger partial charge >= 0.3 is 0 Å². The van der Waals surface area contributed by atoms with Crippen molar-refractivity contribution in [1.82, 2.24) is 5.01 Å². The van der Waals surface area contributed by atoms with Gasteiger partial charge in [0.05, 0.1) is 18.4 Å². The van der Waals surface area contributed by atoms with E-state index < -0.39 is 9.84 Å². The third-order valence-electron chi connectivity index (χ3n) is 6.95. The monoisotopic (exact) mass is 460 g/mol. The zero-order valence-electron chi connectivity index (χ0n) is 18.7. The first kappa shape index (κ1) is 23.2. The van der Waals surface area contributed by atoms with Crippen LogP contribution in [-0.2, 0) is 21.7 Å². The number of nitrogens with two attached hydrogens (primary N) is 1. The Balaban J connectivity index is 1.55. The third kappa shape index (κ3) is 4.70. The van der Waals surface area contributed by atoms with Gasteiger partial charge in [-0.2, -0.15) is 0 Å². The maximum absolute atomic E-state index is 13.6. The van der Waals surface area contributed by atoms with E-state index in [2.05, 4.69) is 12.1 Å². The minimum atomic E-state index is -3.00. The summed E-state index contributed by atoms with van der Waals surface area (Å²) < 4.78 is 43.4. The number of halogens is 1. The molecule has 0 amide bonds. The van der Waals surface area contributed by atoms with E-state index in [9.17, 15) is 12.8 Å². The number of benzene rings is 2. The number of hydrazine groups is 1. The molecule has 0 saturated heterocycles. The standard InChI is InChI=1S/C25H33FN2O3S/c1-2-16-32(29,30)17-4-15-31-22-10-5-19-11-14-28(27)24(23(19)18-22)25(12-3-13-25)20-6-8-21(26)9-7-20/h5-10,18,24H,2-4,11-17,27H2,1H3. The molecule has 5 nitrogen and oxygen atoms in total. The molecular formula is C25H33FN2O3S. The lowest BCUT2D eigenvalue weighted by molar-refractivity contribution is 0.0523. The van der Waals surface area contributed by atoms with Crippen LogP contribution < -0.4 is 10.6 Å². The molecule has 0 radical (unpaired) electrons. The average Bonchev–Trinajstić information content (AvgIpc) is 2.73. The van der Waals surface area contributed by atoms with E-state index in [1.54, 1.807) is 0 Å². The second-order valence-corrected chi connectivity index (χ2v) is 11.4. The van der Waals surface area contributed by atoms with Crippen LogP contribution in [-0.4, -0.2) is 38.1 Å². The van der Waals surface area contributed by atoms with Gasteiger partial charge in [0.2, 0.25) is 0 Å². The molecule has 1 aliphatic heterocycles. The van der Waals surface area contributed by atoms with Crippen LogP contribution in [0.4, 0.5) is 4.39 Å². The van der Waals surface area contributed by atoms with E-state index in [4.69, 9.17) is 10.6 Å². The lowest BCUT2D eigenvalue weighted by atomic mass is 9.57. The van der Waals surface area contributed by atoms with Crippen molar-refractivity contribution in [2.45, 2.75) is 56.9 Å². The largest absolute Gasteiger partial charge is 0.494 e. The molecule has 32 heavy (non-hydrogen) atoms. The van der Waals surface area contributed by atoms with Crippen molar-refractivity contribution in [2.24, 2.45) is 5.84 Å². The van der Waals surface area contributed by atoms with E-state index in [1.807, 2.05) is 30.1 Å². The smallest absolute Gasteiger partial charge is 0.150 e. The summed E-state index contributed by atoms with van der Waals surface area (Å²) in [5.41, 5.74) is 3.43. The fourth-order valence-corrected chi connectivity index (χ4v) is 6.64. The number of nitrogens with zero attached hydrogens (tertiary/aromatic N) is 1. The Kier molecular flexibility index (Phi) is 6.89. The number of fused-ring (bicyclic) bond motifs is 1. The summed E-state index contributed by atoms with van der Waals surface area (Å²) in [5, 5.41) is 1.94. The molecule has 2 aromatic carbocycles. The first-order valence-electron chi connectivity index (χ1n) is 11.6. The summed E-state index contributed by atoms with van der Waals surface area (Å²) in [6.45, 7) is 3.01. The van der Waals surface area contributed by atoms with Crippen molar-refractivity contribution < 1.29 is 17.5 Å². The van der Waals surface area contributed by atoms with E-state index >= 15 is 0 Å². The Labute approximate surface area is 190 Å². The van der Waals surface area contributed by atoms with E-state index in [1.165, 1.54) is 23.3 Å². The molecule has 1 atom stereocenters. The molecule has 2 aliphatic rings. The van der Waals surface area contributed by atoms with Crippen molar-refractivity contribution in [3.8, 4) is 5.75 Å². The molecule has 0 bridgehead atoms. The predicted molar refractivity (Wildman–Crippen MR) is 125 cm³/mol. The fraction of sp³-hybridized carbons (Fsp3) is 0.520. The summed E-state index contributed by atoms with van der Waals surface area (Å²) in [4.78, 5) is 0. The van der Waals surface area contributed by atoms with Gasteiger partial charge < -0.3 is 4.74 Å². The van der Waals surface area contributed by atoms with E-state index in [-0.39, 0.29) is 28.8 Å². The summed E-state index contributed by atoms with van der Waals surface area (Å²) in [6.07, 6.45) is 5.14. The van der Waals surface area contributed by atoms with Gasteiger partial charge in [-0.25, -0.2) is 17.8 Å². The minimum absolute atomic E-state index is 0.000979. The molecule has 1 saturated carbocycles. The van der Waals surface area contributed by atoms with Crippen molar-refractivity contribution in [1.29, 1.82) is 0 Å². The van der Waals surface area contributed by atoms with Gasteiger partial charge in [0, 0.05) is 17.7 Å². The molecule has 1 heterocycles. The van der Waals surface area contributed by atoms with Crippen molar-refractivity contribution in [3.05, 3.63) is 65.0 Å². The fourth-order valence-electron chi connectivity index (χ4n) is 5.26. The number of rotatable bonds is 9. The molecule has 1 aliphatic carbocycles. The van der Waals surface area contributed by atoms with Gasteiger partial charge in [0.1, 0.15) is 21.4 Å². The first-order chi connectivity index (χ1) is 15.3. The highest BCUT2D eigenvalue weighted by Gasteiger charge is 2.49. The summed E-state index contributed by atoms with van der Waals surface area (Å²) in [7, 11) is -3.00. The second-order valence-electron chi connectivity index (χ2n) is 9.12. The molecule has 0 spiro atoms. The zero-order valence-corrected chi connectivity index (χ0v) is 19.5. The number of sulfone groups is 1. The topological polar surface area (TPSA) is 72.6 Å². The third-order valence-corrected chi connectivity index (χ3v) is 8.90. The second kappa shape index (κ2) is 9.49. The van der Waals surface area contributed by atoms with E-state index in [0.29, 0.717) is 19.4 Å². The molecule has 1 fully saturated rings. The Bertz CT molecular complexity index is 1040. The van der Waals surface area contributed by atoms with Crippen molar-refractivity contribution in [2.75, 3.05) is 24.7 Å². The first-order valence-corrected chi connectivity index (χ1v) is 13.4. The Morgan fingerprint density at radius 2 is 1.91 bits per heavy atom. The van der Waals surface area contributed by atoms with Crippen LogP contribution in [0.15, 0.2) is 42.5 Å². The van der Waals surface area contributed by atoms with Crippen molar-refractivity contribution in [3.63, 3.8) is 0 Å². The normalized spacial score (nSPS) is 20.4. The highest BCUT2D eigenvalue weighted by atomic mass is 32.2. The molecule has 4 rings (SSSR count). The number of hydrogen-bond acceptors (Lipinski definition) is 5. The summed E-state index contributed by atoms with van der Waals surface area (Å²) in [6, 6.07) is 13.0. The van der Waals surface area contributed by atoms with E-state index in [0.717, 1.165) is 43.5 Å². The van der Waals surface area contributed by atoms with Gasteiger partial charge in [-0.15, -0.1) is 0 Å². The highest BCUT2D eigenvalue weighted by molar-refractivity contribution is 7.91. The van der Waals surface area contributed by atoms with Crippen molar-refractivity contribution >= 4 is 9.84 Å². The molecule has 1 unspecified atom stereocenters. The summed E-state index contributed by atoms with van der Waals surface area (Å²) in [5.74, 6) is 7.45. The molecule has 7 heteroatoms. The van der Waals surface area contributed by atoms with Crippen LogP contribution in [0, 0.1) is 5.82 Å². The van der Waals surface area contributed by atoms with Gasteiger partial charge in [-0.1, -0.05) is 31.5 Å². The minimum Gasteiger partial charge on any atom is -0.494 e. The highest BCUT2D eigenvalue weighted by Crippen LogP contribution is 2.55. The molecule has 2 N–H and O–H groups in total. The van der Waals surface area contributed by atoms with Gasteiger partial charge in [0.25, 0.3) is 0 Å². The summed E-state index contributed by atoms with van der Waals surface area (Å²) >= 11 is 0. The Morgan fingerprint density at radius 1 is 1.16 bits per heavy atom. The predicted octanol–water partition coefficient (Wildman–Crippen LogP) is 4.31. The lowest BCUT2D eigenvalue weighted by Crippen LogP contribution is -2.53. The van der Waals surface area contributed by atoms with Gasteiger partial charge in [0.15, 0.2) is 0 Å². The van der Waals surface area contributed by atoms with Crippen LogP contribution >= 0.6 is 0 Å². The van der Waals surface area contributed by atoms with Crippen LogP contribution in [0.5, 0.6) is 5.75 Å². The zero-order chi connectivity index (χ0) is 22.8. The van der Waals surface area contributed by atoms with Crippen LogP contribution in [0.25, 0.3) is 0 Å². The van der Waals surface area contributed by atoms with Crippen LogP contribution in [0.2, 0.25) is 0 Å².